The van der Waals surface area contributed by atoms with Crippen molar-refractivity contribution in [2.75, 3.05) is 5.32 Å². The van der Waals surface area contributed by atoms with E-state index in [-0.39, 0.29) is 6.10 Å². The molecule has 1 heterocycles. The second-order valence-electron chi connectivity index (χ2n) is 7.67. The van der Waals surface area contributed by atoms with Gasteiger partial charge in [-0.05, 0) is 76.0 Å². The summed E-state index contributed by atoms with van der Waals surface area (Å²) in [5.41, 5.74) is 1.23. The van der Waals surface area contributed by atoms with Gasteiger partial charge >= 0.3 is 0 Å². The lowest BCUT2D eigenvalue weighted by atomic mass is 9.93. The Morgan fingerprint density at radius 3 is 2.56 bits per heavy atom. The molecule has 0 bridgehead atoms. The van der Waals surface area contributed by atoms with Gasteiger partial charge in [-0.25, -0.2) is 4.98 Å². The first-order chi connectivity index (χ1) is 12.2. The maximum Gasteiger partial charge on any atom is 0.127 e. The van der Waals surface area contributed by atoms with Crippen LogP contribution in [0.2, 0.25) is 0 Å². The lowest BCUT2D eigenvalue weighted by molar-refractivity contribution is 0.126. The van der Waals surface area contributed by atoms with Crippen molar-refractivity contribution in [2.45, 2.75) is 76.5 Å². The van der Waals surface area contributed by atoms with Gasteiger partial charge in [-0.3, -0.25) is 0 Å². The van der Waals surface area contributed by atoms with Crippen LogP contribution in [0.4, 0.5) is 5.82 Å². The molecule has 0 unspecified atom stereocenters. The molecule has 0 radical (unpaired) electrons. The summed E-state index contributed by atoms with van der Waals surface area (Å²) in [4.78, 5) is 4.62. The number of fused-ring (bicyclic) bond motifs is 1. The molecule has 0 atom stereocenters. The molecule has 0 saturated heterocycles. The smallest absolute Gasteiger partial charge is 0.127 e. The number of hydrogen-bond acceptors (Lipinski definition) is 4. The summed E-state index contributed by atoms with van der Waals surface area (Å²) in [7, 11) is 0. The van der Waals surface area contributed by atoms with Crippen molar-refractivity contribution in [1.29, 1.82) is 0 Å². The van der Waals surface area contributed by atoms with Crippen LogP contribution in [0.1, 0.15) is 56.9 Å². The topological polar surface area (TPSA) is 54.4 Å². The van der Waals surface area contributed by atoms with Gasteiger partial charge in [-0.15, -0.1) is 0 Å². The van der Waals surface area contributed by atoms with Crippen molar-refractivity contribution in [1.82, 2.24) is 4.98 Å². The maximum absolute atomic E-state index is 9.68. The number of ether oxygens (including phenoxy) is 1. The zero-order valence-electron chi connectivity index (χ0n) is 15.0. The van der Waals surface area contributed by atoms with Gasteiger partial charge in [0.05, 0.1) is 12.2 Å². The summed E-state index contributed by atoms with van der Waals surface area (Å²) < 4.78 is 6.31. The zero-order chi connectivity index (χ0) is 17.2. The number of rotatable bonds is 4. The van der Waals surface area contributed by atoms with Crippen LogP contribution in [0, 0.1) is 6.92 Å². The van der Waals surface area contributed by atoms with Crippen molar-refractivity contribution >= 4 is 16.6 Å². The average molecular weight is 340 g/mol. The van der Waals surface area contributed by atoms with E-state index in [0.717, 1.165) is 55.5 Å². The number of aliphatic hydroxyl groups excluding tert-OH is 1. The number of hydrogen-bond donors (Lipinski definition) is 2. The van der Waals surface area contributed by atoms with Gasteiger partial charge in [0, 0.05) is 23.0 Å². The first kappa shape index (κ1) is 16.6. The standard InChI is InChI=1S/C21H28N2O2/c1-14-6-11-20(25-17-4-2-3-5-17)18-12-21(22-13-19(14)18)23-15-7-9-16(24)10-8-15/h6,11-13,15-17,24H,2-5,7-10H2,1H3,(H,22,23)/t15-,16-. The number of nitrogens with one attached hydrogen (secondary N) is 1. The molecular weight excluding hydrogens is 312 g/mol. The number of nitrogens with zero attached hydrogens (tertiary/aromatic N) is 1. The highest BCUT2D eigenvalue weighted by atomic mass is 16.5. The predicted octanol–water partition coefficient (Wildman–Crippen LogP) is 4.58. The number of aliphatic hydroxyl groups is 1. The summed E-state index contributed by atoms with van der Waals surface area (Å²) in [6, 6.07) is 6.77. The van der Waals surface area contributed by atoms with Gasteiger partial charge in [0.1, 0.15) is 11.6 Å². The number of pyridine rings is 1. The van der Waals surface area contributed by atoms with Crippen molar-refractivity contribution in [3.63, 3.8) is 0 Å². The summed E-state index contributed by atoms with van der Waals surface area (Å²) in [5.74, 6) is 1.90. The van der Waals surface area contributed by atoms with Gasteiger partial charge in [-0.1, -0.05) is 6.07 Å². The largest absolute Gasteiger partial charge is 0.490 e. The van der Waals surface area contributed by atoms with Crippen molar-refractivity contribution in [3.8, 4) is 5.75 Å². The molecule has 4 nitrogen and oxygen atoms in total. The number of aryl methyl sites for hydroxylation is 1. The molecule has 2 saturated carbocycles. The monoisotopic (exact) mass is 340 g/mol. The first-order valence-electron chi connectivity index (χ1n) is 9.69. The molecule has 25 heavy (non-hydrogen) atoms. The highest BCUT2D eigenvalue weighted by Crippen LogP contribution is 2.33. The lowest BCUT2D eigenvalue weighted by Gasteiger charge is -2.26. The highest BCUT2D eigenvalue weighted by molar-refractivity contribution is 5.92. The molecule has 1 aromatic carbocycles. The quantitative estimate of drug-likeness (QED) is 0.855. The van der Waals surface area contributed by atoms with E-state index in [2.05, 4.69) is 35.4 Å². The van der Waals surface area contributed by atoms with E-state index in [9.17, 15) is 5.11 Å². The Morgan fingerprint density at radius 1 is 1.04 bits per heavy atom. The number of benzene rings is 1. The van der Waals surface area contributed by atoms with Crippen LogP contribution >= 0.6 is 0 Å². The molecule has 1 aromatic heterocycles. The molecular formula is C21H28N2O2. The second kappa shape index (κ2) is 7.20. The molecule has 4 heteroatoms. The van der Waals surface area contributed by atoms with Gasteiger partial charge in [0.2, 0.25) is 0 Å². The molecule has 2 N–H and O–H groups in total. The van der Waals surface area contributed by atoms with E-state index in [4.69, 9.17) is 4.74 Å². The second-order valence-corrected chi connectivity index (χ2v) is 7.67. The summed E-state index contributed by atoms with van der Waals surface area (Å²) in [5, 5.41) is 15.6. The fraction of sp³-hybridized carbons (Fsp3) is 0.571. The molecule has 2 aliphatic rings. The Bertz CT molecular complexity index is 732. The third-order valence-electron chi connectivity index (χ3n) is 5.72. The predicted molar refractivity (Wildman–Crippen MR) is 101 cm³/mol. The van der Waals surface area contributed by atoms with Crippen molar-refractivity contribution in [3.05, 3.63) is 30.0 Å². The summed E-state index contributed by atoms with van der Waals surface area (Å²) in [6.45, 7) is 2.12. The molecule has 134 valence electrons. The minimum absolute atomic E-state index is 0.128. The van der Waals surface area contributed by atoms with Gasteiger partial charge in [0.25, 0.3) is 0 Å². The fourth-order valence-electron chi connectivity index (χ4n) is 4.15. The van der Waals surface area contributed by atoms with Crippen LogP contribution in [0.15, 0.2) is 24.4 Å². The van der Waals surface area contributed by atoms with E-state index in [0.29, 0.717) is 12.1 Å². The molecule has 2 fully saturated rings. The van der Waals surface area contributed by atoms with E-state index in [1.54, 1.807) is 0 Å². The van der Waals surface area contributed by atoms with Crippen LogP contribution in [0.3, 0.4) is 0 Å². The molecule has 0 amide bonds. The van der Waals surface area contributed by atoms with E-state index in [1.165, 1.54) is 23.8 Å². The Balaban J connectivity index is 1.58. The summed E-state index contributed by atoms with van der Waals surface area (Å²) in [6.07, 6.45) is 10.8. The molecule has 0 aliphatic heterocycles. The third-order valence-corrected chi connectivity index (χ3v) is 5.72. The van der Waals surface area contributed by atoms with E-state index >= 15 is 0 Å². The van der Waals surface area contributed by atoms with Crippen molar-refractivity contribution in [2.24, 2.45) is 0 Å². The Morgan fingerprint density at radius 2 is 1.80 bits per heavy atom. The van der Waals surface area contributed by atoms with Crippen LogP contribution in [-0.2, 0) is 0 Å². The molecule has 0 spiro atoms. The van der Waals surface area contributed by atoms with Crippen molar-refractivity contribution < 1.29 is 9.84 Å². The number of anilines is 1. The SMILES string of the molecule is Cc1ccc(OC2CCCC2)c2cc(N[C@H]3CC[C@H](O)CC3)ncc12. The van der Waals surface area contributed by atoms with Crippen LogP contribution in [-0.4, -0.2) is 28.3 Å². The van der Waals surface area contributed by atoms with Gasteiger partial charge in [-0.2, -0.15) is 0 Å². The highest BCUT2D eigenvalue weighted by Gasteiger charge is 2.21. The molecule has 4 rings (SSSR count). The van der Waals surface area contributed by atoms with Crippen LogP contribution in [0.5, 0.6) is 5.75 Å². The first-order valence-corrected chi connectivity index (χ1v) is 9.69. The maximum atomic E-state index is 9.68. The Hall–Kier alpha value is -1.81. The normalized spacial score (nSPS) is 24.6. The zero-order valence-corrected chi connectivity index (χ0v) is 15.0. The minimum atomic E-state index is -0.128. The van der Waals surface area contributed by atoms with E-state index in [1.807, 2.05) is 6.20 Å². The molecule has 2 aromatic rings. The number of aromatic nitrogens is 1. The van der Waals surface area contributed by atoms with Crippen LogP contribution in [0.25, 0.3) is 10.8 Å². The van der Waals surface area contributed by atoms with E-state index < -0.39 is 0 Å². The Kier molecular flexibility index (Phi) is 4.80. The third kappa shape index (κ3) is 3.74. The van der Waals surface area contributed by atoms with Crippen LogP contribution < -0.4 is 10.1 Å². The fourth-order valence-corrected chi connectivity index (χ4v) is 4.15. The average Bonchev–Trinajstić information content (AvgIpc) is 3.13. The van der Waals surface area contributed by atoms with Gasteiger partial charge < -0.3 is 15.2 Å². The molecule has 2 aliphatic carbocycles. The Labute approximate surface area is 149 Å². The lowest BCUT2D eigenvalue weighted by Crippen LogP contribution is -2.28. The summed E-state index contributed by atoms with van der Waals surface area (Å²) >= 11 is 0. The van der Waals surface area contributed by atoms with Gasteiger partial charge in [0.15, 0.2) is 0 Å². The minimum Gasteiger partial charge on any atom is -0.490 e.